The lowest BCUT2D eigenvalue weighted by molar-refractivity contribution is -0.145. The highest BCUT2D eigenvalue weighted by Crippen LogP contribution is 2.45. The minimum Gasteiger partial charge on any atom is -0.331 e. The third-order valence-corrected chi connectivity index (χ3v) is 8.71. The van der Waals surface area contributed by atoms with Crippen LogP contribution in [-0.2, 0) is 10.5 Å². The van der Waals surface area contributed by atoms with Crippen molar-refractivity contribution in [1.82, 2.24) is 4.90 Å². The molecule has 1 aliphatic carbocycles. The highest BCUT2D eigenvalue weighted by Gasteiger charge is 2.44. The molecule has 5 heteroatoms. The van der Waals surface area contributed by atoms with Gasteiger partial charge in [-0.25, -0.2) is 0 Å². The van der Waals surface area contributed by atoms with Crippen molar-refractivity contribution >= 4 is 40.9 Å². The van der Waals surface area contributed by atoms with Crippen molar-refractivity contribution in [1.29, 1.82) is 0 Å². The molecule has 1 amide bonds. The Morgan fingerprint density at radius 3 is 2.05 bits per heavy atom. The van der Waals surface area contributed by atoms with Gasteiger partial charge in [0, 0.05) is 33.5 Å². The smallest absolute Gasteiger partial charge is 0.226 e. The number of allylic oxidation sites excluding steroid dienone is 1. The fourth-order valence-electron chi connectivity index (χ4n) is 5.02. The first-order valence-corrected chi connectivity index (χ1v) is 15.0. The van der Waals surface area contributed by atoms with E-state index in [1.54, 1.807) is 0 Å². The van der Waals surface area contributed by atoms with E-state index in [1.165, 1.54) is 24.0 Å². The van der Waals surface area contributed by atoms with Crippen LogP contribution in [0.1, 0.15) is 49.3 Å². The van der Waals surface area contributed by atoms with Gasteiger partial charge in [0.05, 0.1) is 6.04 Å². The highest BCUT2D eigenvalue weighted by molar-refractivity contribution is 7.98. The number of likely N-dealkylation sites (tertiary alicyclic amines) is 1. The van der Waals surface area contributed by atoms with E-state index in [0.29, 0.717) is 17.9 Å². The van der Waals surface area contributed by atoms with Crippen molar-refractivity contribution in [2.45, 2.75) is 49.9 Å². The van der Waals surface area contributed by atoms with Gasteiger partial charge in [0.25, 0.3) is 0 Å². The maximum absolute atomic E-state index is 13.6. The fraction of sp³-hybridized carbons (Fsp3) is 0.344. The van der Waals surface area contributed by atoms with Crippen LogP contribution in [0.4, 0.5) is 0 Å². The van der Waals surface area contributed by atoms with E-state index in [9.17, 15) is 4.79 Å². The number of amides is 1. The average molecular weight is 553 g/mol. The zero-order valence-electron chi connectivity index (χ0n) is 21.1. The molecule has 0 radical (unpaired) electrons. The SMILES string of the molecule is C=CCC1CC[C@@H](c2ccc(Cl)cc2)N(C(CSCc2ccccc2)C2CC2)C1=O.Clc1ccccc1. The van der Waals surface area contributed by atoms with Gasteiger partial charge in [-0.1, -0.05) is 89.9 Å². The summed E-state index contributed by atoms with van der Waals surface area (Å²) in [6, 6.07) is 28.6. The van der Waals surface area contributed by atoms with E-state index in [1.807, 2.05) is 60.3 Å². The monoisotopic (exact) mass is 551 g/mol. The second-order valence-corrected chi connectivity index (χ2v) is 11.7. The Morgan fingerprint density at radius 2 is 1.49 bits per heavy atom. The van der Waals surface area contributed by atoms with Gasteiger partial charge in [-0.15, -0.1) is 6.58 Å². The number of thioether (sulfide) groups is 1. The molecule has 3 aromatic rings. The number of hydrogen-bond acceptors (Lipinski definition) is 2. The number of hydrogen-bond donors (Lipinski definition) is 0. The number of carbonyl (C=O) groups excluding carboxylic acids is 1. The summed E-state index contributed by atoms with van der Waals surface area (Å²) in [7, 11) is 0. The summed E-state index contributed by atoms with van der Waals surface area (Å²) >= 11 is 13.6. The van der Waals surface area contributed by atoms with Crippen LogP contribution in [-0.4, -0.2) is 22.6 Å². The van der Waals surface area contributed by atoms with Crippen LogP contribution in [0.2, 0.25) is 10.0 Å². The second-order valence-electron chi connectivity index (χ2n) is 9.81. The maximum atomic E-state index is 13.6. The molecule has 0 aromatic heterocycles. The summed E-state index contributed by atoms with van der Waals surface area (Å²) in [6.45, 7) is 3.89. The molecule has 1 saturated carbocycles. The minimum atomic E-state index is 0.0754. The molecule has 0 bridgehead atoms. The van der Waals surface area contributed by atoms with E-state index in [0.717, 1.165) is 40.8 Å². The van der Waals surface area contributed by atoms with Crippen LogP contribution in [0.5, 0.6) is 0 Å². The molecule has 5 rings (SSSR count). The van der Waals surface area contributed by atoms with Gasteiger partial charge >= 0.3 is 0 Å². The molecule has 2 nitrogen and oxygen atoms in total. The molecule has 2 fully saturated rings. The van der Waals surface area contributed by atoms with Gasteiger partial charge in [-0.3, -0.25) is 4.79 Å². The molecular formula is C32H35Cl2NOS. The van der Waals surface area contributed by atoms with Crippen LogP contribution in [0.25, 0.3) is 0 Å². The van der Waals surface area contributed by atoms with Crippen LogP contribution in [0, 0.1) is 11.8 Å². The van der Waals surface area contributed by atoms with Crippen molar-refractivity contribution in [3.05, 3.63) is 119 Å². The number of piperidine rings is 1. The predicted molar refractivity (Wildman–Crippen MR) is 159 cm³/mol. The number of nitrogens with zero attached hydrogens (tertiary/aromatic N) is 1. The van der Waals surface area contributed by atoms with Gasteiger partial charge in [-0.05, 0) is 73.4 Å². The first-order valence-electron chi connectivity index (χ1n) is 13.1. The normalized spacial score (nSPS) is 20.1. The van der Waals surface area contributed by atoms with Crippen LogP contribution < -0.4 is 0 Å². The zero-order chi connectivity index (χ0) is 26.0. The Bertz CT molecular complexity index is 1120. The van der Waals surface area contributed by atoms with Crippen LogP contribution in [0.15, 0.2) is 97.6 Å². The van der Waals surface area contributed by atoms with Crippen molar-refractivity contribution in [3.63, 3.8) is 0 Å². The number of carbonyl (C=O) groups is 1. The zero-order valence-corrected chi connectivity index (χ0v) is 23.5. The van der Waals surface area contributed by atoms with Crippen molar-refractivity contribution in [2.24, 2.45) is 11.8 Å². The van der Waals surface area contributed by atoms with E-state index in [4.69, 9.17) is 23.2 Å². The van der Waals surface area contributed by atoms with Crippen molar-refractivity contribution in [3.8, 4) is 0 Å². The summed E-state index contributed by atoms with van der Waals surface area (Å²) in [5.74, 6) is 3.02. The summed E-state index contributed by atoms with van der Waals surface area (Å²) in [4.78, 5) is 15.9. The van der Waals surface area contributed by atoms with Crippen LogP contribution >= 0.6 is 35.0 Å². The molecule has 194 valence electrons. The number of halogens is 2. The second kappa shape index (κ2) is 14.1. The van der Waals surface area contributed by atoms with Gasteiger partial charge < -0.3 is 4.90 Å². The topological polar surface area (TPSA) is 20.3 Å². The fourth-order valence-corrected chi connectivity index (χ4v) is 6.52. The Hall–Kier alpha value is -2.20. The maximum Gasteiger partial charge on any atom is 0.226 e. The summed E-state index contributed by atoms with van der Waals surface area (Å²) in [5, 5.41) is 1.54. The molecule has 0 spiro atoms. The lowest BCUT2D eigenvalue weighted by Gasteiger charge is -2.44. The Morgan fingerprint density at radius 1 is 0.865 bits per heavy atom. The molecule has 1 aliphatic heterocycles. The molecule has 0 N–H and O–H groups in total. The van der Waals surface area contributed by atoms with E-state index < -0.39 is 0 Å². The largest absolute Gasteiger partial charge is 0.331 e. The third kappa shape index (κ3) is 8.14. The average Bonchev–Trinajstić information content (AvgIpc) is 3.76. The lowest BCUT2D eigenvalue weighted by atomic mass is 9.85. The highest BCUT2D eigenvalue weighted by atomic mass is 35.5. The van der Waals surface area contributed by atoms with Gasteiger partial charge in [-0.2, -0.15) is 11.8 Å². The number of benzene rings is 3. The van der Waals surface area contributed by atoms with Gasteiger partial charge in [0.1, 0.15) is 0 Å². The lowest BCUT2D eigenvalue weighted by Crippen LogP contribution is -2.50. The Labute approximate surface area is 236 Å². The Balaban J connectivity index is 0.000000396. The van der Waals surface area contributed by atoms with Crippen molar-refractivity contribution < 1.29 is 4.79 Å². The molecule has 37 heavy (non-hydrogen) atoms. The number of rotatable bonds is 9. The van der Waals surface area contributed by atoms with E-state index >= 15 is 0 Å². The standard InChI is InChI=1S/C26H30ClNOS.C6H5Cl/c1-2-6-22-13-16-24(20-11-14-23(27)15-12-20)28(26(22)29)25(21-9-10-21)18-30-17-19-7-4-3-5-8-19;7-6-4-2-1-3-5-6/h2-5,7-8,11-12,14-15,21-22,24-25H,1,6,9-10,13,16-18H2;1-5H/t22?,24-,25?;/m0./s1. The molecule has 3 aromatic carbocycles. The van der Waals surface area contributed by atoms with E-state index in [-0.39, 0.29) is 12.0 Å². The van der Waals surface area contributed by atoms with Crippen molar-refractivity contribution in [2.75, 3.05) is 5.75 Å². The molecule has 1 heterocycles. The summed E-state index contributed by atoms with van der Waals surface area (Å²) < 4.78 is 0. The summed E-state index contributed by atoms with van der Waals surface area (Å²) in [6.07, 6.45) is 7.10. The molecule has 1 saturated heterocycles. The minimum absolute atomic E-state index is 0.0754. The summed E-state index contributed by atoms with van der Waals surface area (Å²) in [5.41, 5.74) is 2.56. The van der Waals surface area contributed by atoms with Gasteiger partial charge in [0.2, 0.25) is 5.91 Å². The van der Waals surface area contributed by atoms with Gasteiger partial charge in [0.15, 0.2) is 0 Å². The molecule has 3 atom stereocenters. The van der Waals surface area contributed by atoms with E-state index in [2.05, 4.69) is 53.9 Å². The third-order valence-electron chi connectivity index (χ3n) is 7.09. The molecule has 2 unspecified atom stereocenters. The molecule has 2 aliphatic rings. The first-order chi connectivity index (χ1) is 18.1. The predicted octanol–water partition coefficient (Wildman–Crippen LogP) is 9.25. The van der Waals surface area contributed by atoms with Crippen LogP contribution in [0.3, 0.4) is 0 Å². The molecular weight excluding hydrogens is 517 g/mol. The quantitative estimate of drug-likeness (QED) is 0.247. The Kier molecular flexibility index (Phi) is 10.6. The first kappa shape index (κ1) is 27.8.